The number of nitrogens with zero attached hydrogens (tertiary/aromatic N) is 3. The molecule has 8 nitrogen and oxygen atoms in total. The Morgan fingerprint density at radius 2 is 2.23 bits per heavy atom. The smallest absolute Gasteiger partial charge is 0.234 e. The zero-order valence-corrected chi connectivity index (χ0v) is 15.6. The third-order valence-electron chi connectivity index (χ3n) is 3.53. The molecule has 0 bridgehead atoms. The molecule has 1 amide bonds. The number of amides is 1. The van der Waals surface area contributed by atoms with Gasteiger partial charge < -0.3 is 20.3 Å². The van der Waals surface area contributed by atoms with Crippen LogP contribution in [-0.2, 0) is 4.79 Å². The predicted octanol–water partition coefficient (Wildman–Crippen LogP) is 2.95. The van der Waals surface area contributed by atoms with E-state index < -0.39 is 0 Å². The molecule has 0 atom stereocenters. The summed E-state index contributed by atoms with van der Waals surface area (Å²) in [6.45, 7) is 1.81. The second-order valence-electron chi connectivity index (χ2n) is 5.25. The lowest BCUT2D eigenvalue weighted by molar-refractivity contribution is -0.113. The summed E-state index contributed by atoms with van der Waals surface area (Å²) in [6.07, 6.45) is 1.55. The number of hydrogen-bond donors (Lipinski definition) is 2. The molecule has 2 heterocycles. The van der Waals surface area contributed by atoms with Crippen molar-refractivity contribution in [1.29, 1.82) is 0 Å². The van der Waals surface area contributed by atoms with Crippen molar-refractivity contribution < 1.29 is 13.9 Å². The second-order valence-corrected chi connectivity index (χ2v) is 6.63. The monoisotopic (exact) mass is 393 g/mol. The van der Waals surface area contributed by atoms with Crippen LogP contribution in [0, 0.1) is 6.92 Å². The van der Waals surface area contributed by atoms with E-state index in [2.05, 4.69) is 15.5 Å². The van der Waals surface area contributed by atoms with E-state index in [1.54, 1.807) is 30.5 Å². The summed E-state index contributed by atoms with van der Waals surface area (Å²) in [5.74, 6) is 7.55. The molecule has 1 aromatic carbocycles. The number of thioether (sulfide) groups is 1. The molecule has 3 rings (SSSR count). The number of nitrogen functional groups attached to an aromatic ring is 1. The normalized spacial score (nSPS) is 10.7. The maximum atomic E-state index is 12.2. The van der Waals surface area contributed by atoms with Crippen molar-refractivity contribution in [3.63, 3.8) is 0 Å². The van der Waals surface area contributed by atoms with Gasteiger partial charge in [-0.05, 0) is 31.2 Å². The maximum Gasteiger partial charge on any atom is 0.234 e. The number of hydrogen-bond acceptors (Lipinski definition) is 7. The molecule has 26 heavy (non-hydrogen) atoms. The zero-order chi connectivity index (χ0) is 18.7. The van der Waals surface area contributed by atoms with Gasteiger partial charge in [-0.3, -0.25) is 4.79 Å². The predicted molar refractivity (Wildman–Crippen MR) is 100.0 cm³/mol. The Morgan fingerprint density at radius 1 is 1.42 bits per heavy atom. The Morgan fingerprint density at radius 3 is 2.92 bits per heavy atom. The molecule has 0 saturated heterocycles. The zero-order valence-electron chi connectivity index (χ0n) is 14.0. The van der Waals surface area contributed by atoms with Crippen LogP contribution in [0.15, 0.2) is 40.1 Å². The van der Waals surface area contributed by atoms with Crippen LogP contribution < -0.4 is 15.9 Å². The highest BCUT2D eigenvalue weighted by atomic mass is 35.5. The van der Waals surface area contributed by atoms with Crippen LogP contribution in [0.5, 0.6) is 5.75 Å². The van der Waals surface area contributed by atoms with Crippen LogP contribution in [-0.4, -0.2) is 33.6 Å². The van der Waals surface area contributed by atoms with Crippen LogP contribution in [0.1, 0.15) is 5.76 Å². The summed E-state index contributed by atoms with van der Waals surface area (Å²) in [5.41, 5.74) is 1.24. The fourth-order valence-electron chi connectivity index (χ4n) is 2.27. The van der Waals surface area contributed by atoms with E-state index >= 15 is 0 Å². The first-order valence-corrected chi connectivity index (χ1v) is 8.87. The molecule has 0 fully saturated rings. The van der Waals surface area contributed by atoms with E-state index in [1.807, 2.05) is 6.92 Å². The van der Waals surface area contributed by atoms with E-state index in [1.165, 1.54) is 11.8 Å². The van der Waals surface area contributed by atoms with Gasteiger partial charge in [-0.2, -0.15) is 0 Å². The van der Waals surface area contributed by atoms with Gasteiger partial charge in [0.1, 0.15) is 11.5 Å². The number of methoxy groups -OCH3 is 1. The molecular formula is C16H16ClN5O3S. The van der Waals surface area contributed by atoms with Crippen molar-refractivity contribution in [2.24, 2.45) is 0 Å². The minimum absolute atomic E-state index is 0.0926. The lowest BCUT2D eigenvalue weighted by Gasteiger charge is -2.10. The van der Waals surface area contributed by atoms with Gasteiger partial charge in [0.2, 0.25) is 11.1 Å². The van der Waals surface area contributed by atoms with Gasteiger partial charge in [-0.1, -0.05) is 23.4 Å². The number of ether oxygens (including phenoxy) is 1. The number of nitrogens with two attached hydrogens (primary N) is 1. The van der Waals surface area contributed by atoms with Crippen LogP contribution in [0.25, 0.3) is 11.4 Å². The number of furan rings is 1. The van der Waals surface area contributed by atoms with E-state index in [9.17, 15) is 4.79 Å². The number of nitrogens with one attached hydrogen (secondary N) is 1. The molecule has 0 aliphatic heterocycles. The average Bonchev–Trinajstić information content (AvgIpc) is 3.18. The highest BCUT2D eigenvalue weighted by molar-refractivity contribution is 7.99. The second kappa shape index (κ2) is 7.71. The van der Waals surface area contributed by atoms with Crippen molar-refractivity contribution in [3.05, 3.63) is 41.3 Å². The van der Waals surface area contributed by atoms with E-state index in [-0.39, 0.29) is 11.7 Å². The SMILES string of the molecule is COc1ccc(Cl)cc1NC(=O)CSc1nnc(-c2ccoc2C)n1N. The van der Waals surface area contributed by atoms with Crippen molar-refractivity contribution in [3.8, 4) is 17.1 Å². The first-order chi connectivity index (χ1) is 12.5. The maximum absolute atomic E-state index is 12.2. The number of carbonyl (C=O) groups is 1. The van der Waals surface area contributed by atoms with E-state index in [0.717, 1.165) is 17.3 Å². The topological polar surface area (TPSA) is 108 Å². The van der Waals surface area contributed by atoms with Crippen molar-refractivity contribution in [2.75, 3.05) is 24.0 Å². The molecule has 3 aromatic rings. The van der Waals surface area contributed by atoms with Crippen LogP contribution in [0.3, 0.4) is 0 Å². The van der Waals surface area contributed by atoms with Crippen molar-refractivity contribution in [2.45, 2.75) is 12.1 Å². The van der Waals surface area contributed by atoms with Crippen molar-refractivity contribution in [1.82, 2.24) is 14.9 Å². The molecule has 0 unspecified atom stereocenters. The molecule has 0 aliphatic carbocycles. The molecule has 0 radical (unpaired) electrons. The Bertz CT molecular complexity index is 940. The minimum atomic E-state index is -0.250. The number of benzene rings is 1. The van der Waals surface area contributed by atoms with Gasteiger partial charge in [0.15, 0.2) is 5.82 Å². The van der Waals surface area contributed by atoms with Gasteiger partial charge in [0, 0.05) is 5.02 Å². The number of aromatic nitrogens is 3. The van der Waals surface area contributed by atoms with E-state index in [4.69, 9.17) is 26.6 Å². The molecule has 2 aromatic heterocycles. The Balaban J connectivity index is 1.67. The summed E-state index contributed by atoms with van der Waals surface area (Å²) in [6, 6.07) is 6.74. The molecule has 3 N–H and O–H groups in total. The van der Waals surface area contributed by atoms with E-state index in [0.29, 0.717) is 33.2 Å². The fraction of sp³-hybridized carbons (Fsp3) is 0.188. The molecular weight excluding hydrogens is 378 g/mol. The molecule has 10 heteroatoms. The fourth-order valence-corrected chi connectivity index (χ4v) is 3.10. The van der Waals surface area contributed by atoms with Gasteiger partial charge >= 0.3 is 0 Å². The Labute approximate surface area is 158 Å². The summed E-state index contributed by atoms with van der Waals surface area (Å²) in [4.78, 5) is 12.2. The Kier molecular flexibility index (Phi) is 5.38. The summed E-state index contributed by atoms with van der Waals surface area (Å²) in [7, 11) is 1.52. The number of anilines is 1. The molecule has 0 saturated carbocycles. The highest BCUT2D eigenvalue weighted by Crippen LogP contribution is 2.28. The lowest BCUT2D eigenvalue weighted by Crippen LogP contribution is -2.17. The van der Waals surface area contributed by atoms with Gasteiger partial charge in [0.25, 0.3) is 0 Å². The molecule has 0 aliphatic rings. The largest absolute Gasteiger partial charge is 0.495 e. The summed E-state index contributed by atoms with van der Waals surface area (Å²) < 4.78 is 11.8. The number of aryl methyl sites for hydroxylation is 1. The van der Waals surface area contributed by atoms with Crippen LogP contribution >= 0.6 is 23.4 Å². The summed E-state index contributed by atoms with van der Waals surface area (Å²) in [5, 5.41) is 11.7. The number of carbonyl (C=O) groups excluding carboxylic acids is 1. The number of rotatable bonds is 6. The Hall–Kier alpha value is -2.65. The summed E-state index contributed by atoms with van der Waals surface area (Å²) >= 11 is 7.12. The van der Waals surface area contributed by atoms with Crippen LogP contribution in [0.4, 0.5) is 5.69 Å². The minimum Gasteiger partial charge on any atom is -0.495 e. The van der Waals surface area contributed by atoms with Crippen molar-refractivity contribution >= 4 is 35.0 Å². The number of halogens is 1. The van der Waals surface area contributed by atoms with Crippen LogP contribution in [0.2, 0.25) is 5.02 Å². The average molecular weight is 394 g/mol. The third-order valence-corrected chi connectivity index (χ3v) is 4.71. The molecule has 0 spiro atoms. The first kappa shape index (κ1) is 18.2. The molecule has 136 valence electrons. The quantitative estimate of drug-likeness (QED) is 0.489. The van der Waals surface area contributed by atoms with Gasteiger partial charge in [-0.15, -0.1) is 10.2 Å². The third kappa shape index (κ3) is 3.78. The first-order valence-electron chi connectivity index (χ1n) is 7.50. The highest BCUT2D eigenvalue weighted by Gasteiger charge is 2.17. The standard InChI is InChI=1S/C16H16ClN5O3S/c1-9-11(5-6-25-9)15-20-21-16(22(15)18)26-8-14(23)19-12-7-10(17)3-4-13(12)24-2/h3-7H,8,18H2,1-2H3,(H,19,23). The van der Waals surface area contributed by atoms with Gasteiger partial charge in [0.05, 0.1) is 30.4 Å². The van der Waals surface area contributed by atoms with Gasteiger partial charge in [-0.25, -0.2) is 4.68 Å². The lowest BCUT2D eigenvalue weighted by atomic mass is 10.2.